The van der Waals surface area contributed by atoms with Crippen molar-refractivity contribution < 1.29 is 14.3 Å². The molecule has 0 aliphatic carbocycles. The van der Waals surface area contributed by atoms with Gasteiger partial charge in [0.2, 0.25) is 5.91 Å². The molecule has 0 heterocycles. The van der Waals surface area contributed by atoms with Crippen molar-refractivity contribution in [3.05, 3.63) is 52.0 Å². The zero-order chi connectivity index (χ0) is 17.5. The summed E-state index contributed by atoms with van der Waals surface area (Å²) >= 11 is 3.51. The van der Waals surface area contributed by atoms with Crippen LogP contribution in [0, 0.1) is 6.92 Å². The molecule has 1 N–H and O–H groups in total. The van der Waals surface area contributed by atoms with Crippen LogP contribution in [-0.2, 0) is 11.2 Å². The second kappa shape index (κ2) is 8.73. The van der Waals surface area contributed by atoms with E-state index in [1.54, 1.807) is 0 Å². The second-order valence-electron chi connectivity index (χ2n) is 5.35. The van der Waals surface area contributed by atoms with Gasteiger partial charge in [-0.25, -0.2) is 0 Å². The van der Waals surface area contributed by atoms with Crippen molar-refractivity contribution in [3.8, 4) is 11.5 Å². The fraction of sp³-hybridized carbons (Fsp3) is 0.316. The Balaban J connectivity index is 2.14. The van der Waals surface area contributed by atoms with Gasteiger partial charge in [-0.15, -0.1) is 0 Å². The largest absolute Gasteiger partial charge is 0.490 e. The molecule has 5 heteroatoms. The van der Waals surface area contributed by atoms with E-state index in [-0.39, 0.29) is 12.3 Å². The minimum atomic E-state index is -0.0776. The van der Waals surface area contributed by atoms with Crippen molar-refractivity contribution in [3.63, 3.8) is 0 Å². The Morgan fingerprint density at radius 3 is 2.21 bits per heavy atom. The van der Waals surface area contributed by atoms with Crippen molar-refractivity contribution in [1.82, 2.24) is 0 Å². The third-order valence-electron chi connectivity index (χ3n) is 3.40. The van der Waals surface area contributed by atoms with Crippen LogP contribution in [0.1, 0.15) is 25.0 Å². The number of ether oxygens (including phenoxy) is 2. The molecule has 0 spiro atoms. The molecular weight excluding hydrogens is 370 g/mol. The molecule has 24 heavy (non-hydrogen) atoms. The molecule has 0 aromatic heterocycles. The van der Waals surface area contributed by atoms with E-state index in [9.17, 15) is 4.79 Å². The van der Waals surface area contributed by atoms with Crippen LogP contribution in [-0.4, -0.2) is 19.1 Å². The van der Waals surface area contributed by atoms with E-state index in [2.05, 4.69) is 21.2 Å². The summed E-state index contributed by atoms with van der Waals surface area (Å²) in [6.07, 6.45) is 0.251. The molecule has 2 aromatic carbocycles. The zero-order valence-corrected chi connectivity index (χ0v) is 15.8. The number of carbonyl (C=O) groups is 1. The Kier molecular flexibility index (Phi) is 6.67. The Hall–Kier alpha value is -2.01. The fourth-order valence-corrected chi connectivity index (χ4v) is 2.73. The first kappa shape index (κ1) is 18.3. The van der Waals surface area contributed by atoms with Crippen molar-refractivity contribution in [1.29, 1.82) is 0 Å². The molecule has 2 rings (SSSR count). The summed E-state index contributed by atoms with van der Waals surface area (Å²) in [6.45, 7) is 6.95. The van der Waals surface area contributed by atoms with Crippen LogP contribution in [0.5, 0.6) is 11.5 Å². The molecule has 0 saturated carbocycles. The molecule has 0 bridgehead atoms. The van der Waals surface area contributed by atoms with Crippen LogP contribution in [0.4, 0.5) is 5.69 Å². The van der Waals surface area contributed by atoms with Gasteiger partial charge in [-0.05, 0) is 50.6 Å². The zero-order valence-electron chi connectivity index (χ0n) is 14.2. The fourth-order valence-electron chi connectivity index (χ4n) is 2.26. The summed E-state index contributed by atoms with van der Waals surface area (Å²) in [4.78, 5) is 12.3. The van der Waals surface area contributed by atoms with E-state index < -0.39 is 0 Å². The Morgan fingerprint density at radius 1 is 1.04 bits per heavy atom. The number of nitrogens with one attached hydrogen (secondary N) is 1. The number of rotatable bonds is 7. The predicted octanol–water partition coefficient (Wildman–Crippen LogP) is 4.74. The molecule has 0 fully saturated rings. The van der Waals surface area contributed by atoms with Crippen LogP contribution in [0.15, 0.2) is 40.9 Å². The lowest BCUT2D eigenvalue weighted by atomic mass is 10.1. The molecule has 0 atom stereocenters. The van der Waals surface area contributed by atoms with Crippen molar-refractivity contribution in [2.45, 2.75) is 27.2 Å². The second-order valence-corrected chi connectivity index (χ2v) is 6.20. The summed E-state index contributed by atoms with van der Waals surface area (Å²) in [5.74, 6) is 1.25. The Bertz CT molecular complexity index is 699. The number of anilines is 1. The van der Waals surface area contributed by atoms with E-state index in [4.69, 9.17) is 9.47 Å². The van der Waals surface area contributed by atoms with E-state index in [0.29, 0.717) is 24.7 Å². The smallest absolute Gasteiger partial charge is 0.228 e. The van der Waals surface area contributed by atoms with Gasteiger partial charge >= 0.3 is 0 Å². The van der Waals surface area contributed by atoms with E-state index in [0.717, 1.165) is 21.3 Å². The van der Waals surface area contributed by atoms with Crippen molar-refractivity contribution in [2.24, 2.45) is 0 Å². The molecule has 1 amide bonds. The van der Waals surface area contributed by atoms with Crippen LogP contribution in [0.25, 0.3) is 0 Å². The van der Waals surface area contributed by atoms with Gasteiger partial charge in [0.15, 0.2) is 11.5 Å². The summed E-state index contributed by atoms with van der Waals surface area (Å²) in [5.41, 5.74) is 2.80. The number of amides is 1. The van der Waals surface area contributed by atoms with Crippen molar-refractivity contribution >= 4 is 27.5 Å². The topological polar surface area (TPSA) is 47.6 Å². The van der Waals surface area contributed by atoms with Crippen LogP contribution in [0.3, 0.4) is 0 Å². The maximum absolute atomic E-state index is 12.3. The number of hydrogen-bond acceptors (Lipinski definition) is 3. The van der Waals surface area contributed by atoms with Gasteiger partial charge in [-0.3, -0.25) is 4.79 Å². The predicted molar refractivity (Wildman–Crippen MR) is 100.0 cm³/mol. The molecule has 0 saturated heterocycles. The highest BCUT2D eigenvalue weighted by molar-refractivity contribution is 9.10. The number of hydrogen-bond donors (Lipinski definition) is 1. The number of aryl methyl sites for hydroxylation is 1. The van der Waals surface area contributed by atoms with Gasteiger partial charge in [0.25, 0.3) is 0 Å². The number of halogens is 1. The average molecular weight is 392 g/mol. The molecular formula is C19H22BrNO3. The van der Waals surface area contributed by atoms with Gasteiger partial charge in [-0.1, -0.05) is 33.6 Å². The van der Waals surface area contributed by atoms with E-state index >= 15 is 0 Å². The lowest BCUT2D eigenvalue weighted by Crippen LogP contribution is -2.15. The lowest BCUT2D eigenvalue weighted by molar-refractivity contribution is -0.115. The Morgan fingerprint density at radius 2 is 1.62 bits per heavy atom. The van der Waals surface area contributed by atoms with Gasteiger partial charge < -0.3 is 14.8 Å². The van der Waals surface area contributed by atoms with E-state index in [1.165, 1.54) is 0 Å². The standard InChI is InChI=1S/C19H22BrNO3/c1-4-23-17-10-14(16(20)12-18(17)24-5-2)11-19(22)21-15-8-6-13(3)7-9-15/h6-10,12H,4-5,11H2,1-3H3,(H,21,22). The molecule has 0 unspecified atom stereocenters. The van der Waals surface area contributed by atoms with Crippen molar-refractivity contribution in [2.75, 3.05) is 18.5 Å². The van der Waals surface area contributed by atoms with Crippen LogP contribution >= 0.6 is 15.9 Å². The minimum absolute atomic E-state index is 0.0776. The molecule has 4 nitrogen and oxygen atoms in total. The molecule has 128 valence electrons. The minimum Gasteiger partial charge on any atom is -0.490 e. The highest BCUT2D eigenvalue weighted by Gasteiger charge is 2.13. The first-order chi connectivity index (χ1) is 11.5. The van der Waals surface area contributed by atoms with Crippen LogP contribution < -0.4 is 14.8 Å². The highest BCUT2D eigenvalue weighted by Crippen LogP contribution is 2.34. The SMILES string of the molecule is CCOc1cc(Br)c(CC(=O)Nc2ccc(C)cc2)cc1OCC. The number of benzene rings is 2. The van der Waals surface area contributed by atoms with Gasteiger partial charge in [-0.2, -0.15) is 0 Å². The third kappa shape index (κ3) is 4.99. The average Bonchev–Trinajstić information content (AvgIpc) is 2.54. The summed E-state index contributed by atoms with van der Waals surface area (Å²) < 4.78 is 12.0. The van der Waals surface area contributed by atoms with Crippen LogP contribution in [0.2, 0.25) is 0 Å². The highest BCUT2D eigenvalue weighted by atomic mass is 79.9. The molecule has 0 aliphatic heterocycles. The normalized spacial score (nSPS) is 10.3. The lowest BCUT2D eigenvalue weighted by Gasteiger charge is -2.14. The van der Waals surface area contributed by atoms with Gasteiger partial charge in [0.1, 0.15) is 0 Å². The van der Waals surface area contributed by atoms with Gasteiger partial charge in [0.05, 0.1) is 19.6 Å². The van der Waals surface area contributed by atoms with Gasteiger partial charge in [0, 0.05) is 10.2 Å². The van der Waals surface area contributed by atoms with E-state index in [1.807, 2.05) is 57.2 Å². The third-order valence-corrected chi connectivity index (χ3v) is 4.14. The summed E-state index contributed by atoms with van der Waals surface area (Å²) in [6, 6.07) is 11.4. The maximum atomic E-state index is 12.3. The number of carbonyl (C=O) groups excluding carboxylic acids is 1. The first-order valence-electron chi connectivity index (χ1n) is 7.98. The molecule has 0 radical (unpaired) electrons. The first-order valence-corrected chi connectivity index (χ1v) is 8.77. The molecule has 2 aromatic rings. The summed E-state index contributed by atoms with van der Waals surface area (Å²) in [5, 5.41) is 2.90. The molecule has 0 aliphatic rings. The monoisotopic (exact) mass is 391 g/mol. The quantitative estimate of drug-likeness (QED) is 0.741. The Labute approximate surface area is 151 Å². The maximum Gasteiger partial charge on any atom is 0.228 e. The summed E-state index contributed by atoms with van der Waals surface area (Å²) in [7, 11) is 0.